The van der Waals surface area contributed by atoms with Crippen molar-refractivity contribution >= 4 is 11.5 Å². The lowest BCUT2D eigenvalue weighted by molar-refractivity contribution is -0.125. The van der Waals surface area contributed by atoms with Crippen molar-refractivity contribution in [2.24, 2.45) is 0 Å². The first-order chi connectivity index (χ1) is 10.5. The zero-order valence-corrected chi connectivity index (χ0v) is 13.0. The van der Waals surface area contributed by atoms with Gasteiger partial charge in [-0.3, -0.25) is 4.79 Å². The first kappa shape index (κ1) is 16.0. The quantitative estimate of drug-likeness (QED) is 0.860. The van der Waals surface area contributed by atoms with Crippen LogP contribution in [0.1, 0.15) is 24.1 Å². The Bertz CT molecular complexity index is 620. The minimum absolute atomic E-state index is 0.272. The number of carbonyl (C=O) groups is 1. The Balaban J connectivity index is 2.27. The number of ketones is 1. The Morgan fingerprint density at radius 2 is 1.68 bits per heavy atom. The predicted molar refractivity (Wildman–Crippen MR) is 87.2 cm³/mol. The van der Waals surface area contributed by atoms with Gasteiger partial charge in [0.15, 0.2) is 5.78 Å². The van der Waals surface area contributed by atoms with E-state index in [1.165, 1.54) is 6.92 Å². The number of aliphatic hydroxyl groups is 1. The summed E-state index contributed by atoms with van der Waals surface area (Å²) >= 11 is 0. The number of Topliss-reactive ketones (excluding diaryl/α,β-unsaturated/α-hetero) is 1. The Morgan fingerprint density at radius 1 is 1.09 bits per heavy atom. The highest BCUT2D eigenvalue weighted by molar-refractivity contribution is 5.81. The number of carbonyl (C=O) groups excluding carboxylic acids is 1. The number of methoxy groups -OCH3 is 1. The molecule has 0 spiro atoms. The van der Waals surface area contributed by atoms with Gasteiger partial charge in [0.25, 0.3) is 0 Å². The third-order valence-electron chi connectivity index (χ3n) is 3.58. The predicted octanol–water partition coefficient (Wildman–Crippen LogP) is 3.11. The molecular formula is C18H21NO3. The van der Waals surface area contributed by atoms with E-state index in [2.05, 4.69) is 5.32 Å². The summed E-state index contributed by atoms with van der Waals surface area (Å²) < 4.78 is 5.13. The Kier molecular flexibility index (Phi) is 5.17. The van der Waals surface area contributed by atoms with Crippen molar-refractivity contribution in [3.8, 4) is 5.75 Å². The molecule has 4 nitrogen and oxygen atoms in total. The van der Waals surface area contributed by atoms with E-state index in [1.807, 2.05) is 55.5 Å². The normalized spacial score (nSPS) is 13.3. The van der Waals surface area contributed by atoms with Crippen molar-refractivity contribution in [1.82, 2.24) is 0 Å². The summed E-state index contributed by atoms with van der Waals surface area (Å²) in [5.74, 6) is 0.483. The molecule has 0 amide bonds. The van der Waals surface area contributed by atoms with Gasteiger partial charge in [0.05, 0.1) is 13.2 Å². The van der Waals surface area contributed by atoms with Crippen molar-refractivity contribution in [2.45, 2.75) is 26.0 Å². The highest BCUT2D eigenvalue weighted by atomic mass is 16.5. The van der Waals surface area contributed by atoms with Crippen LogP contribution in [-0.2, 0) is 4.79 Å². The molecule has 2 aromatic rings. The van der Waals surface area contributed by atoms with Gasteiger partial charge in [0, 0.05) is 5.69 Å². The first-order valence-corrected chi connectivity index (χ1v) is 7.17. The van der Waals surface area contributed by atoms with Gasteiger partial charge in [-0.2, -0.15) is 0 Å². The van der Waals surface area contributed by atoms with Crippen LogP contribution in [0.3, 0.4) is 0 Å². The summed E-state index contributed by atoms with van der Waals surface area (Å²) in [7, 11) is 1.61. The SMILES string of the molecule is COc1ccc(N[C@H](c2ccc(C)cc2)[C@H](O)C(C)=O)cc1. The van der Waals surface area contributed by atoms with Gasteiger partial charge in [-0.15, -0.1) is 0 Å². The fourth-order valence-electron chi connectivity index (χ4n) is 2.22. The second-order valence-corrected chi connectivity index (χ2v) is 5.32. The van der Waals surface area contributed by atoms with Crippen LogP contribution in [0.5, 0.6) is 5.75 Å². The second kappa shape index (κ2) is 7.09. The summed E-state index contributed by atoms with van der Waals surface area (Å²) in [5, 5.41) is 13.5. The first-order valence-electron chi connectivity index (χ1n) is 7.17. The molecule has 0 saturated carbocycles. The maximum Gasteiger partial charge on any atom is 0.160 e. The van der Waals surface area contributed by atoms with Gasteiger partial charge in [0.2, 0.25) is 0 Å². The lowest BCUT2D eigenvalue weighted by atomic mass is 9.97. The standard InChI is InChI=1S/C18H21NO3/c1-12-4-6-14(7-5-12)17(18(21)13(2)20)19-15-8-10-16(22-3)11-9-15/h4-11,17-19,21H,1-3H3/t17-,18-/m1/s1. The average molecular weight is 299 g/mol. The van der Waals surface area contributed by atoms with Gasteiger partial charge in [-0.05, 0) is 43.7 Å². The number of aliphatic hydroxyl groups excluding tert-OH is 1. The van der Waals surface area contributed by atoms with Crippen LogP contribution in [0.15, 0.2) is 48.5 Å². The number of ether oxygens (including phenoxy) is 1. The molecule has 0 aliphatic rings. The van der Waals surface area contributed by atoms with Gasteiger partial charge in [-0.25, -0.2) is 0 Å². The molecule has 0 heterocycles. The molecule has 0 fully saturated rings. The number of hydrogen-bond donors (Lipinski definition) is 2. The Labute approximate surface area is 130 Å². The van der Waals surface area contributed by atoms with E-state index in [0.717, 1.165) is 22.6 Å². The molecule has 22 heavy (non-hydrogen) atoms. The fraction of sp³-hybridized carbons (Fsp3) is 0.278. The molecule has 0 aliphatic carbocycles. The summed E-state index contributed by atoms with van der Waals surface area (Å²) in [6, 6.07) is 14.6. The highest BCUT2D eigenvalue weighted by Gasteiger charge is 2.24. The van der Waals surface area contributed by atoms with Crippen LogP contribution >= 0.6 is 0 Å². The van der Waals surface area contributed by atoms with Crippen molar-refractivity contribution in [1.29, 1.82) is 0 Å². The number of benzene rings is 2. The van der Waals surface area contributed by atoms with Gasteiger partial charge < -0.3 is 15.2 Å². The van der Waals surface area contributed by atoms with E-state index in [4.69, 9.17) is 4.74 Å². The zero-order valence-electron chi connectivity index (χ0n) is 13.0. The Morgan fingerprint density at radius 3 is 2.18 bits per heavy atom. The number of nitrogens with one attached hydrogen (secondary N) is 1. The molecule has 0 saturated heterocycles. The van der Waals surface area contributed by atoms with Crippen LogP contribution in [0.4, 0.5) is 5.69 Å². The van der Waals surface area contributed by atoms with E-state index < -0.39 is 12.1 Å². The van der Waals surface area contributed by atoms with Crippen molar-refractivity contribution in [3.05, 3.63) is 59.7 Å². The Hall–Kier alpha value is -2.33. The third kappa shape index (κ3) is 3.86. The minimum Gasteiger partial charge on any atom is -0.497 e. The molecule has 0 bridgehead atoms. The smallest absolute Gasteiger partial charge is 0.160 e. The largest absolute Gasteiger partial charge is 0.497 e. The van der Waals surface area contributed by atoms with Crippen LogP contribution in [0.25, 0.3) is 0 Å². The summed E-state index contributed by atoms with van der Waals surface area (Å²) in [5.41, 5.74) is 2.81. The number of anilines is 1. The summed E-state index contributed by atoms with van der Waals surface area (Å²) in [4.78, 5) is 11.6. The van der Waals surface area contributed by atoms with Crippen molar-refractivity contribution in [2.75, 3.05) is 12.4 Å². The van der Waals surface area contributed by atoms with E-state index in [0.29, 0.717) is 0 Å². The minimum atomic E-state index is -1.11. The number of rotatable bonds is 6. The van der Waals surface area contributed by atoms with E-state index >= 15 is 0 Å². The maximum atomic E-state index is 11.6. The molecule has 2 N–H and O–H groups in total. The fourth-order valence-corrected chi connectivity index (χ4v) is 2.22. The highest BCUT2D eigenvalue weighted by Crippen LogP contribution is 2.25. The van der Waals surface area contributed by atoms with Crippen LogP contribution < -0.4 is 10.1 Å². The number of hydrogen-bond acceptors (Lipinski definition) is 4. The molecule has 0 aromatic heterocycles. The van der Waals surface area contributed by atoms with E-state index in [1.54, 1.807) is 7.11 Å². The zero-order chi connectivity index (χ0) is 16.1. The average Bonchev–Trinajstić information content (AvgIpc) is 2.53. The van der Waals surface area contributed by atoms with Gasteiger partial charge >= 0.3 is 0 Å². The topological polar surface area (TPSA) is 58.6 Å². The monoisotopic (exact) mass is 299 g/mol. The van der Waals surface area contributed by atoms with Gasteiger partial charge in [0.1, 0.15) is 11.9 Å². The lowest BCUT2D eigenvalue weighted by Crippen LogP contribution is -2.31. The molecule has 0 aliphatic heterocycles. The summed E-state index contributed by atoms with van der Waals surface area (Å²) in [6.45, 7) is 3.39. The third-order valence-corrected chi connectivity index (χ3v) is 3.58. The molecule has 4 heteroatoms. The van der Waals surface area contributed by atoms with Crippen molar-refractivity contribution < 1.29 is 14.6 Å². The van der Waals surface area contributed by atoms with Crippen LogP contribution in [0, 0.1) is 6.92 Å². The molecule has 0 unspecified atom stereocenters. The van der Waals surface area contributed by atoms with Gasteiger partial charge in [-0.1, -0.05) is 29.8 Å². The second-order valence-electron chi connectivity index (χ2n) is 5.32. The van der Waals surface area contributed by atoms with Crippen molar-refractivity contribution in [3.63, 3.8) is 0 Å². The molecule has 2 atom stereocenters. The lowest BCUT2D eigenvalue weighted by Gasteiger charge is -2.24. The molecule has 116 valence electrons. The molecule has 0 radical (unpaired) electrons. The van der Waals surface area contributed by atoms with E-state index in [9.17, 15) is 9.90 Å². The number of aryl methyl sites for hydroxylation is 1. The summed E-state index contributed by atoms with van der Waals surface area (Å²) in [6.07, 6.45) is -1.11. The van der Waals surface area contributed by atoms with Crippen LogP contribution in [-0.4, -0.2) is 24.1 Å². The molecule has 2 aromatic carbocycles. The molecule has 2 rings (SSSR count). The maximum absolute atomic E-state index is 11.6. The van der Waals surface area contributed by atoms with Crippen LogP contribution in [0.2, 0.25) is 0 Å². The van der Waals surface area contributed by atoms with E-state index in [-0.39, 0.29) is 5.78 Å². The molecular weight excluding hydrogens is 278 g/mol.